The summed E-state index contributed by atoms with van der Waals surface area (Å²) in [5.74, 6) is -1.32. The Hall–Kier alpha value is -1.90. The van der Waals surface area contributed by atoms with E-state index in [0.717, 1.165) is 0 Å². The van der Waals surface area contributed by atoms with Gasteiger partial charge in [0.15, 0.2) is 0 Å². The molecule has 0 bridgehead atoms. The largest absolute Gasteiger partial charge is 0.480 e. The maximum Gasteiger partial charge on any atom is 0.320 e. The Balaban J connectivity index is 2.29. The summed E-state index contributed by atoms with van der Waals surface area (Å²) in [5, 5.41) is 17.9. The molecule has 0 unspecified atom stereocenters. The van der Waals surface area contributed by atoms with Crippen molar-refractivity contribution in [1.82, 2.24) is 4.90 Å². The zero-order chi connectivity index (χ0) is 14.4. The molecule has 0 radical (unpaired) electrons. The number of aliphatic carboxylic acids is 1. The normalized spacial score (nSPS) is 17.8. The Kier molecular flexibility index (Phi) is 5.49. The van der Waals surface area contributed by atoms with Crippen molar-refractivity contribution < 1.29 is 24.6 Å². The van der Waals surface area contributed by atoms with Gasteiger partial charge >= 0.3 is 5.97 Å². The minimum Gasteiger partial charge on any atom is -0.480 e. The van der Waals surface area contributed by atoms with Gasteiger partial charge in [0.1, 0.15) is 12.1 Å². The third-order valence-corrected chi connectivity index (χ3v) is 3.02. The van der Waals surface area contributed by atoms with E-state index in [1.807, 2.05) is 0 Å². The van der Waals surface area contributed by atoms with E-state index in [-0.39, 0.29) is 18.7 Å². The molecule has 19 heavy (non-hydrogen) atoms. The molecule has 0 spiro atoms. The van der Waals surface area contributed by atoms with Crippen LogP contribution in [-0.4, -0.2) is 52.2 Å². The first kappa shape index (κ1) is 15.2. The van der Waals surface area contributed by atoms with E-state index in [1.165, 1.54) is 0 Å². The van der Waals surface area contributed by atoms with Gasteiger partial charge < -0.3 is 20.6 Å². The molecule has 1 aliphatic heterocycles. The molecule has 0 aliphatic carbocycles. The second-order valence-electron chi connectivity index (χ2n) is 4.39. The van der Waals surface area contributed by atoms with Crippen LogP contribution in [-0.2, 0) is 14.4 Å². The summed E-state index contributed by atoms with van der Waals surface area (Å²) in [6.45, 7) is 0.749. The summed E-state index contributed by atoms with van der Waals surface area (Å²) in [7, 11) is 0. The van der Waals surface area contributed by atoms with Gasteiger partial charge in [-0.3, -0.25) is 9.59 Å². The number of carboxylic acids is 1. The highest BCUT2D eigenvalue weighted by Crippen LogP contribution is 2.15. The van der Waals surface area contributed by atoms with Crippen LogP contribution >= 0.6 is 0 Å². The number of carbonyl (C=O) groups excluding carboxylic acids is 1. The highest BCUT2D eigenvalue weighted by molar-refractivity contribution is 5.78. The average molecular weight is 275 g/mol. The molecule has 1 atom stereocenters. The van der Waals surface area contributed by atoms with Crippen molar-refractivity contribution in [2.24, 2.45) is 5.73 Å². The first-order chi connectivity index (χ1) is 8.90. The molecule has 1 amide bonds. The molecule has 0 aromatic carbocycles. The Labute approximate surface area is 109 Å². The molecule has 1 heterocycles. The predicted octanol–water partition coefficient (Wildman–Crippen LogP) is -0.622. The minimum atomic E-state index is -1.13. The van der Waals surface area contributed by atoms with Gasteiger partial charge in [0.25, 0.3) is 5.09 Å². The first-order valence-electron chi connectivity index (χ1n) is 5.97. The van der Waals surface area contributed by atoms with Gasteiger partial charge in [-0.2, -0.15) is 0 Å². The van der Waals surface area contributed by atoms with Crippen LogP contribution in [0.25, 0.3) is 0 Å². The molecule has 0 saturated carbocycles. The van der Waals surface area contributed by atoms with Gasteiger partial charge in [0.2, 0.25) is 5.91 Å². The van der Waals surface area contributed by atoms with Gasteiger partial charge in [0, 0.05) is 19.5 Å². The minimum absolute atomic E-state index is 0.0637. The number of carboxylic acid groups (broad SMARTS) is 1. The van der Waals surface area contributed by atoms with Crippen LogP contribution in [0, 0.1) is 10.1 Å². The molecule has 9 heteroatoms. The third kappa shape index (κ3) is 5.08. The second-order valence-corrected chi connectivity index (χ2v) is 4.39. The van der Waals surface area contributed by atoms with Gasteiger partial charge in [0.05, 0.1) is 0 Å². The van der Waals surface area contributed by atoms with E-state index in [0.29, 0.717) is 25.9 Å². The molecule has 108 valence electrons. The number of hydrogen-bond donors (Lipinski definition) is 2. The highest BCUT2D eigenvalue weighted by atomic mass is 17.0. The average Bonchev–Trinajstić information content (AvgIpc) is 2.35. The van der Waals surface area contributed by atoms with Crippen LogP contribution < -0.4 is 5.73 Å². The quantitative estimate of drug-likeness (QED) is 0.486. The summed E-state index contributed by atoms with van der Waals surface area (Å²) in [6, 6.07) is -1.04. The summed E-state index contributed by atoms with van der Waals surface area (Å²) in [5.41, 5.74) is 5.31. The lowest BCUT2D eigenvalue weighted by atomic mass is 10.1. The van der Waals surface area contributed by atoms with Crippen molar-refractivity contribution in [3.8, 4) is 0 Å². The Morgan fingerprint density at radius 1 is 1.47 bits per heavy atom. The van der Waals surface area contributed by atoms with Gasteiger partial charge in [-0.25, -0.2) is 0 Å². The maximum atomic E-state index is 11.8. The van der Waals surface area contributed by atoms with Crippen LogP contribution in [0.3, 0.4) is 0 Å². The van der Waals surface area contributed by atoms with E-state index < -0.39 is 23.2 Å². The highest BCUT2D eigenvalue weighted by Gasteiger charge is 2.25. The van der Waals surface area contributed by atoms with Gasteiger partial charge in [-0.15, -0.1) is 10.1 Å². The number of nitrogens with zero attached hydrogens (tertiary/aromatic N) is 2. The van der Waals surface area contributed by atoms with E-state index in [9.17, 15) is 19.7 Å². The number of carbonyl (C=O) groups is 2. The molecular formula is C10H17N3O6. The second kappa shape index (κ2) is 6.88. The van der Waals surface area contributed by atoms with Crippen molar-refractivity contribution in [3.63, 3.8) is 0 Å². The number of likely N-dealkylation sites (tertiary alicyclic amines) is 1. The standard InChI is InChI=1S/C10H17N3O6/c11-8(10(15)16)1-2-9(14)12-5-3-7(4-6-12)19-13(17)18/h7-8H,1-6,11H2,(H,15,16)/t8-/m0/s1. The van der Waals surface area contributed by atoms with Gasteiger partial charge in [-0.1, -0.05) is 0 Å². The summed E-state index contributed by atoms with van der Waals surface area (Å²) in [6.07, 6.45) is 0.476. The Morgan fingerprint density at radius 2 is 2.05 bits per heavy atom. The molecule has 0 aromatic heterocycles. The van der Waals surface area contributed by atoms with Crippen molar-refractivity contribution >= 4 is 11.9 Å². The lowest BCUT2D eigenvalue weighted by Crippen LogP contribution is -2.42. The van der Waals surface area contributed by atoms with Crippen molar-refractivity contribution in [3.05, 3.63) is 10.1 Å². The van der Waals surface area contributed by atoms with E-state index in [4.69, 9.17) is 10.8 Å². The molecule has 1 rings (SSSR count). The van der Waals surface area contributed by atoms with Crippen LogP contribution in [0.1, 0.15) is 25.7 Å². The fourth-order valence-corrected chi connectivity index (χ4v) is 1.89. The van der Waals surface area contributed by atoms with E-state index in [2.05, 4.69) is 4.84 Å². The number of piperidine rings is 1. The molecule has 3 N–H and O–H groups in total. The maximum absolute atomic E-state index is 11.8. The lowest BCUT2D eigenvalue weighted by molar-refractivity contribution is -0.769. The summed E-state index contributed by atoms with van der Waals surface area (Å²) < 4.78 is 0. The number of amides is 1. The zero-order valence-electron chi connectivity index (χ0n) is 10.4. The summed E-state index contributed by atoms with van der Waals surface area (Å²) in [4.78, 5) is 38.4. The fraction of sp³-hybridized carbons (Fsp3) is 0.800. The van der Waals surface area contributed by atoms with Crippen molar-refractivity contribution in [2.75, 3.05) is 13.1 Å². The number of hydrogen-bond acceptors (Lipinski definition) is 6. The van der Waals surface area contributed by atoms with Crippen LogP contribution in [0.2, 0.25) is 0 Å². The Morgan fingerprint density at radius 3 is 2.53 bits per heavy atom. The Bertz CT molecular complexity index is 353. The molecule has 0 aromatic rings. The molecule has 9 nitrogen and oxygen atoms in total. The van der Waals surface area contributed by atoms with E-state index in [1.54, 1.807) is 4.90 Å². The topological polar surface area (TPSA) is 136 Å². The SMILES string of the molecule is N[C@@H](CCC(=O)N1CCC(O[N+](=O)[O-])CC1)C(=O)O. The smallest absolute Gasteiger partial charge is 0.320 e. The van der Waals surface area contributed by atoms with Crippen LogP contribution in [0.5, 0.6) is 0 Å². The monoisotopic (exact) mass is 275 g/mol. The van der Waals surface area contributed by atoms with Crippen LogP contribution in [0.4, 0.5) is 0 Å². The third-order valence-electron chi connectivity index (χ3n) is 3.02. The first-order valence-corrected chi connectivity index (χ1v) is 5.97. The number of nitrogens with two attached hydrogens (primary N) is 1. The molecule has 1 saturated heterocycles. The molecular weight excluding hydrogens is 258 g/mol. The molecule has 1 fully saturated rings. The fourth-order valence-electron chi connectivity index (χ4n) is 1.89. The summed E-state index contributed by atoms with van der Waals surface area (Å²) >= 11 is 0. The van der Waals surface area contributed by atoms with Crippen molar-refractivity contribution in [1.29, 1.82) is 0 Å². The van der Waals surface area contributed by atoms with Gasteiger partial charge in [-0.05, 0) is 19.3 Å². The predicted molar refractivity (Wildman–Crippen MR) is 62.5 cm³/mol. The number of rotatable bonds is 6. The zero-order valence-corrected chi connectivity index (χ0v) is 10.4. The molecule has 1 aliphatic rings. The van der Waals surface area contributed by atoms with Crippen molar-refractivity contribution in [2.45, 2.75) is 37.8 Å². The van der Waals surface area contributed by atoms with Crippen LogP contribution in [0.15, 0.2) is 0 Å². The lowest BCUT2D eigenvalue weighted by Gasteiger charge is -2.30. The van der Waals surface area contributed by atoms with E-state index >= 15 is 0 Å².